The molecule has 0 fully saturated rings. The van der Waals surface area contributed by atoms with E-state index in [-0.39, 0.29) is 0 Å². The molecule has 0 aliphatic heterocycles. The third kappa shape index (κ3) is 5.53. The summed E-state index contributed by atoms with van der Waals surface area (Å²) in [5.41, 5.74) is 1.05. The van der Waals surface area contributed by atoms with Crippen LogP contribution in [0.25, 0.3) is 0 Å². The number of ether oxygens (including phenoxy) is 1. The zero-order chi connectivity index (χ0) is 12.5. The molecule has 1 rings (SSSR count). The number of benzene rings is 1. The zero-order valence-corrected chi connectivity index (χ0v) is 10.9. The summed E-state index contributed by atoms with van der Waals surface area (Å²) in [7, 11) is 1.64. The van der Waals surface area contributed by atoms with Gasteiger partial charge in [0.2, 0.25) is 0 Å². The number of rotatable bonds is 8. The van der Waals surface area contributed by atoms with E-state index >= 15 is 0 Å². The minimum atomic E-state index is 0.328. The molecule has 0 aromatic heterocycles. The molecule has 0 unspecified atom stereocenters. The summed E-state index contributed by atoms with van der Waals surface area (Å²) in [4.78, 5) is 11.7. The summed E-state index contributed by atoms with van der Waals surface area (Å²) in [6.45, 7) is 2.18. The van der Waals surface area contributed by atoms with Crippen molar-refractivity contribution in [1.82, 2.24) is 0 Å². The van der Waals surface area contributed by atoms with Crippen molar-refractivity contribution < 1.29 is 9.53 Å². The Hall–Kier alpha value is -1.31. The highest BCUT2D eigenvalue weighted by atomic mass is 16.5. The van der Waals surface area contributed by atoms with Gasteiger partial charge < -0.3 is 4.74 Å². The second-order valence-corrected chi connectivity index (χ2v) is 4.38. The normalized spacial score (nSPS) is 10.2. The van der Waals surface area contributed by atoms with Crippen molar-refractivity contribution in [2.75, 3.05) is 7.11 Å². The smallest absolute Gasteiger partial charge is 0.137 e. The first-order valence-corrected chi connectivity index (χ1v) is 6.41. The number of hydrogen-bond donors (Lipinski definition) is 0. The van der Waals surface area contributed by atoms with Crippen molar-refractivity contribution in [3.8, 4) is 5.75 Å². The number of hydrogen-bond acceptors (Lipinski definition) is 2. The van der Waals surface area contributed by atoms with Crippen LogP contribution in [0.15, 0.2) is 24.3 Å². The molecule has 2 nitrogen and oxygen atoms in total. The molecule has 0 amide bonds. The number of carbonyl (C=O) groups is 1. The number of carbonyl (C=O) groups excluding carboxylic acids is 1. The van der Waals surface area contributed by atoms with Crippen LogP contribution in [0, 0.1) is 0 Å². The van der Waals surface area contributed by atoms with E-state index in [4.69, 9.17) is 4.74 Å². The van der Waals surface area contributed by atoms with Gasteiger partial charge in [-0.3, -0.25) is 4.79 Å². The number of methoxy groups -OCH3 is 1. The molecule has 0 aliphatic rings. The van der Waals surface area contributed by atoms with Crippen LogP contribution < -0.4 is 4.74 Å². The zero-order valence-electron chi connectivity index (χ0n) is 10.9. The molecule has 1 aromatic rings. The van der Waals surface area contributed by atoms with E-state index in [1.807, 2.05) is 24.3 Å². The van der Waals surface area contributed by atoms with Crippen LogP contribution in [0.4, 0.5) is 0 Å². The molecule has 0 radical (unpaired) electrons. The summed E-state index contributed by atoms with van der Waals surface area (Å²) in [6.07, 6.45) is 5.87. The van der Waals surface area contributed by atoms with Crippen molar-refractivity contribution in [1.29, 1.82) is 0 Å². The molecular formula is C15H22O2. The summed E-state index contributed by atoms with van der Waals surface area (Å²) in [5, 5.41) is 0. The first-order chi connectivity index (χ1) is 8.26. The van der Waals surface area contributed by atoms with Gasteiger partial charge in [0.05, 0.1) is 7.11 Å². The molecule has 0 N–H and O–H groups in total. The molecule has 0 atom stereocenters. The monoisotopic (exact) mass is 234 g/mol. The van der Waals surface area contributed by atoms with Crippen LogP contribution in [0.1, 0.15) is 44.6 Å². The Morgan fingerprint density at radius 1 is 1.24 bits per heavy atom. The first-order valence-electron chi connectivity index (χ1n) is 6.41. The average Bonchev–Trinajstić information content (AvgIpc) is 2.35. The Balaban J connectivity index is 2.34. The highest BCUT2D eigenvalue weighted by Crippen LogP contribution is 2.14. The minimum absolute atomic E-state index is 0.328. The van der Waals surface area contributed by atoms with Crippen LogP contribution in [0.3, 0.4) is 0 Å². The lowest BCUT2D eigenvalue weighted by atomic mass is 10.0. The van der Waals surface area contributed by atoms with Gasteiger partial charge in [-0.1, -0.05) is 38.3 Å². The van der Waals surface area contributed by atoms with E-state index in [1.54, 1.807) is 7.11 Å². The van der Waals surface area contributed by atoms with Gasteiger partial charge in [0.1, 0.15) is 11.5 Å². The Morgan fingerprint density at radius 3 is 2.76 bits per heavy atom. The lowest BCUT2D eigenvalue weighted by Gasteiger charge is -2.04. The van der Waals surface area contributed by atoms with Crippen molar-refractivity contribution >= 4 is 5.78 Å². The lowest BCUT2D eigenvalue weighted by molar-refractivity contribution is -0.118. The highest BCUT2D eigenvalue weighted by molar-refractivity contribution is 5.80. The molecular weight excluding hydrogens is 212 g/mol. The van der Waals surface area contributed by atoms with Crippen LogP contribution in [0.2, 0.25) is 0 Å². The maximum absolute atomic E-state index is 11.7. The number of ketones is 1. The van der Waals surface area contributed by atoms with Crippen LogP contribution in [0.5, 0.6) is 5.75 Å². The van der Waals surface area contributed by atoms with Gasteiger partial charge >= 0.3 is 0 Å². The third-order valence-corrected chi connectivity index (χ3v) is 2.84. The van der Waals surface area contributed by atoms with Crippen LogP contribution >= 0.6 is 0 Å². The van der Waals surface area contributed by atoms with Crippen molar-refractivity contribution in [2.24, 2.45) is 0 Å². The van der Waals surface area contributed by atoms with E-state index in [9.17, 15) is 4.79 Å². The maximum Gasteiger partial charge on any atom is 0.137 e. The first kappa shape index (κ1) is 13.8. The molecule has 0 saturated carbocycles. The molecule has 0 bridgehead atoms. The SMILES string of the molecule is CCCCCCC(=O)Cc1cccc(OC)c1. The van der Waals surface area contributed by atoms with Gasteiger partial charge in [-0.2, -0.15) is 0 Å². The van der Waals surface area contributed by atoms with Gasteiger partial charge in [0.15, 0.2) is 0 Å². The van der Waals surface area contributed by atoms with Crippen molar-refractivity contribution in [3.63, 3.8) is 0 Å². The average molecular weight is 234 g/mol. The van der Waals surface area contributed by atoms with E-state index < -0.39 is 0 Å². The molecule has 2 heteroatoms. The summed E-state index contributed by atoms with van der Waals surface area (Å²) < 4.78 is 5.14. The van der Waals surface area contributed by atoms with E-state index in [0.717, 1.165) is 17.7 Å². The molecule has 17 heavy (non-hydrogen) atoms. The number of Topliss-reactive ketones (excluding diaryl/α,β-unsaturated/α-hetero) is 1. The van der Waals surface area contributed by atoms with Gasteiger partial charge in [0.25, 0.3) is 0 Å². The van der Waals surface area contributed by atoms with Crippen molar-refractivity contribution in [3.05, 3.63) is 29.8 Å². The topological polar surface area (TPSA) is 26.3 Å². The number of unbranched alkanes of at least 4 members (excludes halogenated alkanes) is 3. The third-order valence-electron chi connectivity index (χ3n) is 2.84. The largest absolute Gasteiger partial charge is 0.497 e. The predicted octanol–water partition coefficient (Wildman–Crippen LogP) is 3.78. The van der Waals surface area contributed by atoms with Gasteiger partial charge in [-0.05, 0) is 24.1 Å². The van der Waals surface area contributed by atoms with Crippen LogP contribution in [-0.2, 0) is 11.2 Å². The summed E-state index contributed by atoms with van der Waals surface area (Å²) in [6, 6.07) is 7.74. The Morgan fingerprint density at radius 2 is 2.06 bits per heavy atom. The lowest BCUT2D eigenvalue weighted by Crippen LogP contribution is -2.02. The van der Waals surface area contributed by atoms with Crippen molar-refractivity contribution in [2.45, 2.75) is 45.4 Å². The van der Waals surface area contributed by atoms with E-state index in [1.165, 1.54) is 19.3 Å². The molecule has 94 valence electrons. The second-order valence-electron chi connectivity index (χ2n) is 4.38. The van der Waals surface area contributed by atoms with Gasteiger partial charge in [-0.15, -0.1) is 0 Å². The molecule has 0 aliphatic carbocycles. The Bertz CT molecular complexity index is 345. The van der Waals surface area contributed by atoms with E-state index in [2.05, 4.69) is 6.92 Å². The minimum Gasteiger partial charge on any atom is -0.497 e. The fraction of sp³-hybridized carbons (Fsp3) is 0.533. The highest BCUT2D eigenvalue weighted by Gasteiger charge is 2.04. The molecule has 0 saturated heterocycles. The quantitative estimate of drug-likeness (QED) is 0.640. The van der Waals surface area contributed by atoms with Crippen LogP contribution in [-0.4, -0.2) is 12.9 Å². The molecule has 0 spiro atoms. The standard InChI is InChI=1S/C15H22O2/c1-3-4-5-6-9-14(16)11-13-8-7-10-15(12-13)17-2/h7-8,10,12H,3-6,9,11H2,1-2H3. The molecule has 1 aromatic carbocycles. The Kier molecular flexibility index (Phi) is 6.38. The Labute approximate surface area is 104 Å². The van der Waals surface area contributed by atoms with Gasteiger partial charge in [0, 0.05) is 12.8 Å². The molecule has 0 heterocycles. The fourth-order valence-electron chi connectivity index (χ4n) is 1.85. The van der Waals surface area contributed by atoms with E-state index in [0.29, 0.717) is 18.6 Å². The maximum atomic E-state index is 11.7. The summed E-state index contributed by atoms with van der Waals surface area (Å²) >= 11 is 0. The van der Waals surface area contributed by atoms with Gasteiger partial charge in [-0.25, -0.2) is 0 Å². The summed E-state index contributed by atoms with van der Waals surface area (Å²) in [5.74, 6) is 1.15. The second kappa shape index (κ2) is 7.88. The predicted molar refractivity (Wildman–Crippen MR) is 70.5 cm³/mol. The fourth-order valence-corrected chi connectivity index (χ4v) is 1.85.